The highest BCUT2D eigenvalue weighted by atomic mass is 32.2. The Labute approximate surface area is 167 Å². The predicted molar refractivity (Wildman–Crippen MR) is 104 cm³/mol. The summed E-state index contributed by atoms with van der Waals surface area (Å²) in [7, 11) is -3.27. The Balaban J connectivity index is 1.62. The highest BCUT2D eigenvalue weighted by Crippen LogP contribution is 2.33. The van der Waals surface area contributed by atoms with Crippen molar-refractivity contribution in [2.24, 2.45) is 5.10 Å². The van der Waals surface area contributed by atoms with Crippen LogP contribution in [0.15, 0.2) is 40.6 Å². The van der Waals surface area contributed by atoms with Gasteiger partial charge in [-0.25, -0.2) is 13.4 Å². The number of carbonyl (C=O) groups is 1. The minimum atomic E-state index is -3.27. The lowest BCUT2D eigenvalue weighted by molar-refractivity contribution is -0.112. The van der Waals surface area contributed by atoms with E-state index >= 15 is 0 Å². The zero-order valence-electron chi connectivity index (χ0n) is 15.2. The van der Waals surface area contributed by atoms with E-state index in [-0.39, 0.29) is 17.5 Å². The first-order valence-corrected chi connectivity index (χ1v) is 11.4. The number of sulfone groups is 1. The molecule has 1 saturated carbocycles. The van der Waals surface area contributed by atoms with Gasteiger partial charge in [0.25, 0.3) is 0 Å². The van der Waals surface area contributed by atoms with Gasteiger partial charge in [-0.05, 0) is 36.5 Å². The number of Topliss-reactive ketones (excluding diaryl/α,β-unsaturated/α-hetero) is 1. The smallest absolute Gasteiger partial charge is 0.190 e. The van der Waals surface area contributed by atoms with E-state index in [2.05, 4.69) is 14.5 Å². The van der Waals surface area contributed by atoms with Crippen molar-refractivity contribution in [2.45, 2.75) is 29.4 Å². The highest BCUT2D eigenvalue weighted by molar-refractivity contribution is 7.92. The van der Waals surface area contributed by atoms with Crippen LogP contribution in [0, 0.1) is 0 Å². The minimum absolute atomic E-state index is 0.107. The predicted octanol–water partition coefficient (Wildman–Crippen LogP) is 1.32. The van der Waals surface area contributed by atoms with E-state index in [0.29, 0.717) is 60.3 Å². The van der Waals surface area contributed by atoms with Gasteiger partial charge in [0, 0.05) is 5.56 Å². The van der Waals surface area contributed by atoms with Gasteiger partial charge in [-0.3, -0.25) is 9.80 Å². The maximum absolute atomic E-state index is 12.9. The third-order valence-corrected chi connectivity index (χ3v) is 7.57. The van der Waals surface area contributed by atoms with Crippen LogP contribution < -0.4 is 0 Å². The Hall–Kier alpha value is -2.17. The van der Waals surface area contributed by atoms with Crippen molar-refractivity contribution in [3.63, 3.8) is 0 Å². The largest absolute Gasteiger partial charge is 0.378 e. The number of hydrazone groups is 1. The molecular weight excluding hydrogens is 400 g/mol. The van der Waals surface area contributed by atoms with Crippen LogP contribution in [0.4, 0.5) is 0 Å². The number of benzene rings is 1. The molecule has 1 aliphatic heterocycles. The highest BCUT2D eigenvalue weighted by Gasteiger charge is 2.36. The molecule has 1 aromatic heterocycles. The standard InChI is InChI=1S/C18H20N4O4S2/c23-16(11-17-19-12-20-27-17)18(21-22-7-9-26-10-8-22)13-1-3-14(4-2-13)28(24,25)15-5-6-15/h1-4,12,15H,5-11H2/b21-18+. The van der Waals surface area contributed by atoms with Gasteiger partial charge in [-0.2, -0.15) is 9.47 Å². The molecule has 2 aliphatic rings. The molecule has 0 unspecified atom stereocenters. The number of rotatable bonds is 7. The van der Waals surface area contributed by atoms with Crippen molar-refractivity contribution in [3.05, 3.63) is 41.2 Å². The normalized spacial score (nSPS) is 18.3. The van der Waals surface area contributed by atoms with Gasteiger partial charge in [0.15, 0.2) is 15.6 Å². The zero-order chi connectivity index (χ0) is 19.6. The molecule has 0 atom stereocenters. The number of ketones is 1. The average molecular weight is 421 g/mol. The first kappa shape index (κ1) is 19.2. The van der Waals surface area contributed by atoms with E-state index in [0.717, 1.165) is 0 Å². The average Bonchev–Trinajstić information content (AvgIpc) is 3.46. The Morgan fingerprint density at radius 2 is 1.93 bits per heavy atom. The quantitative estimate of drug-likeness (QED) is 0.623. The van der Waals surface area contributed by atoms with E-state index in [1.165, 1.54) is 17.9 Å². The topological polar surface area (TPSA) is 102 Å². The van der Waals surface area contributed by atoms with E-state index in [9.17, 15) is 13.2 Å². The summed E-state index contributed by atoms with van der Waals surface area (Å²) in [6.45, 7) is 2.31. The second-order valence-corrected chi connectivity index (χ2v) is 9.81. The molecule has 148 valence electrons. The molecule has 1 saturated heterocycles. The third kappa shape index (κ3) is 4.29. The Morgan fingerprint density at radius 3 is 2.54 bits per heavy atom. The van der Waals surface area contributed by atoms with Crippen molar-refractivity contribution in [2.75, 3.05) is 26.3 Å². The number of aromatic nitrogens is 2. The molecule has 0 amide bonds. The van der Waals surface area contributed by atoms with Crippen molar-refractivity contribution in [1.29, 1.82) is 0 Å². The lowest BCUT2D eigenvalue weighted by atomic mass is 10.0. The van der Waals surface area contributed by atoms with Crippen LogP contribution in [0.5, 0.6) is 0 Å². The summed E-state index contributed by atoms with van der Waals surface area (Å²) < 4.78 is 34.1. The van der Waals surface area contributed by atoms with Crippen molar-refractivity contribution >= 4 is 32.9 Å². The summed E-state index contributed by atoms with van der Waals surface area (Å²) >= 11 is 1.18. The molecule has 28 heavy (non-hydrogen) atoms. The summed E-state index contributed by atoms with van der Waals surface area (Å²) in [5.41, 5.74) is 0.892. The van der Waals surface area contributed by atoms with Crippen LogP contribution in [0.2, 0.25) is 0 Å². The number of nitrogens with zero attached hydrogens (tertiary/aromatic N) is 4. The van der Waals surface area contributed by atoms with Gasteiger partial charge < -0.3 is 4.74 Å². The number of ether oxygens (including phenoxy) is 1. The molecule has 2 heterocycles. The van der Waals surface area contributed by atoms with Crippen LogP contribution >= 0.6 is 11.5 Å². The van der Waals surface area contributed by atoms with Gasteiger partial charge >= 0.3 is 0 Å². The molecule has 0 bridgehead atoms. The minimum Gasteiger partial charge on any atom is -0.378 e. The van der Waals surface area contributed by atoms with Crippen LogP contribution in [0.25, 0.3) is 0 Å². The van der Waals surface area contributed by atoms with Crippen LogP contribution in [0.3, 0.4) is 0 Å². The zero-order valence-corrected chi connectivity index (χ0v) is 16.8. The molecule has 0 spiro atoms. The molecule has 4 rings (SSSR count). The molecule has 1 aromatic carbocycles. The first-order chi connectivity index (χ1) is 13.5. The number of carbonyl (C=O) groups excluding carboxylic acids is 1. The molecule has 2 aromatic rings. The SMILES string of the molecule is O=C(Cc1ncns1)/C(=N/N1CCOCC1)c1ccc(S(=O)(=O)C2CC2)cc1. The van der Waals surface area contributed by atoms with Crippen molar-refractivity contribution < 1.29 is 17.9 Å². The lowest BCUT2D eigenvalue weighted by Crippen LogP contribution is -2.34. The summed E-state index contributed by atoms with van der Waals surface area (Å²) in [5.74, 6) is -0.180. The summed E-state index contributed by atoms with van der Waals surface area (Å²) in [4.78, 5) is 17.3. The number of hydrogen-bond donors (Lipinski definition) is 0. The van der Waals surface area contributed by atoms with E-state index < -0.39 is 9.84 Å². The van der Waals surface area contributed by atoms with E-state index in [4.69, 9.17) is 4.74 Å². The van der Waals surface area contributed by atoms with Crippen LogP contribution in [0.1, 0.15) is 23.4 Å². The molecule has 0 radical (unpaired) electrons. The summed E-state index contributed by atoms with van der Waals surface area (Å²) in [6, 6.07) is 6.45. The molecule has 10 heteroatoms. The first-order valence-electron chi connectivity index (χ1n) is 9.08. The fraction of sp³-hybridized carbons (Fsp3) is 0.444. The summed E-state index contributed by atoms with van der Waals surface area (Å²) in [5, 5.41) is 6.72. The van der Waals surface area contributed by atoms with Gasteiger partial charge in [-0.1, -0.05) is 12.1 Å². The second kappa shape index (κ2) is 8.06. The fourth-order valence-corrected chi connectivity index (χ4v) is 5.10. The monoisotopic (exact) mass is 420 g/mol. The van der Waals surface area contributed by atoms with E-state index in [1.54, 1.807) is 24.3 Å². The fourth-order valence-electron chi connectivity index (χ4n) is 2.94. The molecule has 8 nitrogen and oxygen atoms in total. The van der Waals surface area contributed by atoms with Gasteiger partial charge in [0.1, 0.15) is 17.0 Å². The van der Waals surface area contributed by atoms with Crippen molar-refractivity contribution in [1.82, 2.24) is 14.4 Å². The Kier molecular flexibility index (Phi) is 5.51. The Morgan fingerprint density at radius 1 is 1.21 bits per heavy atom. The van der Waals surface area contributed by atoms with Gasteiger partial charge in [0.2, 0.25) is 0 Å². The number of morpholine rings is 1. The maximum Gasteiger partial charge on any atom is 0.190 e. The molecular formula is C18H20N4O4S2. The number of hydrogen-bond acceptors (Lipinski definition) is 9. The van der Waals surface area contributed by atoms with Crippen molar-refractivity contribution in [3.8, 4) is 0 Å². The third-order valence-electron chi connectivity index (χ3n) is 4.63. The van der Waals surface area contributed by atoms with Gasteiger partial charge in [0.05, 0.1) is 42.9 Å². The molecule has 2 fully saturated rings. The second-order valence-electron chi connectivity index (χ2n) is 6.72. The van der Waals surface area contributed by atoms with Crippen LogP contribution in [-0.2, 0) is 25.8 Å². The van der Waals surface area contributed by atoms with Crippen LogP contribution in [-0.4, -0.2) is 65.8 Å². The molecule has 0 N–H and O–H groups in total. The maximum atomic E-state index is 12.9. The lowest BCUT2D eigenvalue weighted by Gasteiger charge is -2.25. The Bertz CT molecular complexity index is 962. The summed E-state index contributed by atoms with van der Waals surface area (Å²) in [6.07, 6.45) is 2.96. The molecule has 1 aliphatic carbocycles. The van der Waals surface area contributed by atoms with Gasteiger partial charge in [-0.15, -0.1) is 0 Å². The van der Waals surface area contributed by atoms with E-state index in [1.807, 2.05) is 5.01 Å².